The lowest BCUT2D eigenvalue weighted by Crippen LogP contribution is -2.51. The Balaban J connectivity index is 1.85. The molecule has 2 aliphatic heterocycles. The molecule has 122 valence electrons. The van der Waals surface area contributed by atoms with Crippen molar-refractivity contribution in [1.82, 2.24) is 8.61 Å². The first-order valence-electron chi connectivity index (χ1n) is 7.93. The number of nitrogens with zero attached hydrogens (tertiary/aromatic N) is 2. The molecule has 2 fully saturated rings. The molecule has 2 aliphatic rings. The molecule has 3 atom stereocenters. The van der Waals surface area contributed by atoms with Crippen LogP contribution in [-0.4, -0.2) is 55.4 Å². The molecular formula is C16H24N2O3S. The maximum absolute atomic E-state index is 13.0. The van der Waals surface area contributed by atoms with Crippen LogP contribution in [-0.2, 0) is 14.9 Å². The number of benzene rings is 1. The van der Waals surface area contributed by atoms with Crippen molar-refractivity contribution in [1.29, 1.82) is 0 Å². The highest BCUT2D eigenvalue weighted by Gasteiger charge is 2.45. The number of ether oxygens (including phenoxy) is 1. The van der Waals surface area contributed by atoms with E-state index in [0.717, 1.165) is 6.42 Å². The third-order valence-corrected chi connectivity index (χ3v) is 7.05. The van der Waals surface area contributed by atoms with E-state index in [2.05, 4.69) is 12.1 Å². The van der Waals surface area contributed by atoms with Crippen LogP contribution in [0.3, 0.4) is 0 Å². The molecule has 0 saturated carbocycles. The Morgan fingerprint density at radius 1 is 1.09 bits per heavy atom. The molecule has 2 saturated heterocycles. The second-order valence-electron chi connectivity index (χ2n) is 6.19. The van der Waals surface area contributed by atoms with E-state index in [1.54, 1.807) is 8.61 Å². The molecule has 3 rings (SSSR count). The molecule has 0 spiro atoms. The molecule has 0 aliphatic carbocycles. The zero-order valence-electron chi connectivity index (χ0n) is 13.2. The van der Waals surface area contributed by atoms with Crippen LogP contribution in [0, 0.1) is 0 Å². The molecule has 0 aromatic heterocycles. The van der Waals surface area contributed by atoms with Crippen LogP contribution in [0.15, 0.2) is 30.3 Å². The van der Waals surface area contributed by atoms with Crippen molar-refractivity contribution < 1.29 is 13.2 Å². The lowest BCUT2D eigenvalue weighted by atomic mass is 9.92. The topological polar surface area (TPSA) is 49.9 Å². The molecule has 5 nitrogen and oxygen atoms in total. The van der Waals surface area contributed by atoms with Crippen molar-refractivity contribution in [3.8, 4) is 0 Å². The number of rotatable bonds is 3. The Labute approximate surface area is 133 Å². The lowest BCUT2D eigenvalue weighted by Gasteiger charge is -2.34. The summed E-state index contributed by atoms with van der Waals surface area (Å²) in [5.74, 6) is 0.256. The summed E-state index contributed by atoms with van der Waals surface area (Å²) in [5, 5.41) is 0. The zero-order valence-corrected chi connectivity index (χ0v) is 14.0. The van der Waals surface area contributed by atoms with Gasteiger partial charge in [0.15, 0.2) is 0 Å². The van der Waals surface area contributed by atoms with Crippen molar-refractivity contribution in [3.63, 3.8) is 0 Å². The quantitative estimate of drug-likeness (QED) is 0.852. The maximum atomic E-state index is 13.0. The van der Waals surface area contributed by atoms with Gasteiger partial charge in [0.1, 0.15) is 0 Å². The van der Waals surface area contributed by atoms with Gasteiger partial charge in [0.2, 0.25) is 0 Å². The first kappa shape index (κ1) is 15.9. The number of hydrogen-bond donors (Lipinski definition) is 0. The smallest absolute Gasteiger partial charge is 0.282 e. The van der Waals surface area contributed by atoms with E-state index >= 15 is 0 Å². The van der Waals surface area contributed by atoms with Crippen LogP contribution in [0.4, 0.5) is 0 Å². The van der Waals surface area contributed by atoms with Crippen LogP contribution in [0.5, 0.6) is 0 Å². The van der Waals surface area contributed by atoms with Crippen molar-refractivity contribution in [3.05, 3.63) is 35.9 Å². The molecule has 2 heterocycles. The van der Waals surface area contributed by atoms with Crippen LogP contribution < -0.4 is 0 Å². The summed E-state index contributed by atoms with van der Waals surface area (Å²) in [6.45, 7) is 5.91. The van der Waals surface area contributed by atoms with E-state index in [4.69, 9.17) is 4.74 Å². The minimum atomic E-state index is -3.41. The Morgan fingerprint density at radius 2 is 1.73 bits per heavy atom. The molecule has 22 heavy (non-hydrogen) atoms. The normalized spacial score (nSPS) is 31.5. The third-order valence-electron chi connectivity index (χ3n) is 4.80. The molecule has 1 aromatic rings. The van der Waals surface area contributed by atoms with Gasteiger partial charge < -0.3 is 4.74 Å². The van der Waals surface area contributed by atoms with Crippen LogP contribution in [0.1, 0.15) is 31.7 Å². The van der Waals surface area contributed by atoms with Gasteiger partial charge >= 0.3 is 0 Å². The van der Waals surface area contributed by atoms with Crippen molar-refractivity contribution in [2.75, 3.05) is 26.3 Å². The molecule has 0 amide bonds. The zero-order chi connectivity index (χ0) is 15.7. The van der Waals surface area contributed by atoms with Crippen molar-refractivity contribution in [2.45, 2.75) is 38.3 Å². The van der Waals surface area contributed by atoms with Gasteiger partial charge in [0.25, 0.3) is 10.2 Å². The molecule has 6 heteroatoms. The molecule has 1 aromatic carbocycles. The van der Waals surface area contributed by atoms with E-state index in [-0.39, 0.29) is 18.0 Å². The maximum Gasteiger partial charge on any atom is 0.282 e. The minimum Gasteiger partial charge on any atom is -0.379 e. The summed E-state index contributed by atoms with van der Waals surface area (Å²) in [6, 6.07) is 10.2. The fraction of sp³-hybridized carbons (Fsp3) is 0.625. The minimum absolute atomic E-state index is 0.0213. The first-order chi connectivity index (χ1) is 10.5. The largest absolute Gasteiger partial charge is 0.379 e. The molecule has 0 unspecified atom stereocenters. The predicted molar refractivity (Wildman–Crippen MR) is 85.9 cm³/mol. The number of hydrogen-bond acceptors (Lipinski definition) is 3. The summed E-state index contributed by atoms with van der Waals surface area (Å²) in [5.41, 5.74) is 1.22. The fourth-order valence-corrected chi connectivity index (χ4v) is 5.70. The monoisotopic (exact) mass is 324 g/mol. The van der Waals surface area contributed by atoms with Crippen LogP contribution >= 0.6 is 0 Å². The van der Waals surface area contributed by atoms with E-state index < -0.39 is 10.2 Å². The van der Waals surface area contributed by atoms with Crippen LogP contribution in [0.25, 0.3) is 0 Å². The summed E-state index contributed by atoms with van der Waals surface area (Å²) in [7, 11) is -3.41. The summed E-state index contributed by atoms with van der Waals surface area (Å²) in [4.78, 5) is 0. The van der Waals surface area contributed by atoms with Gasteiger partial charge in [-0.15, -0.1) is 0 Å². The highest BCUT2D eigenvalue weighted by Crippen LogP contribution is 2.39. The SMILES string of the molecule is C[C@@H]1C[C@@H](c2ccccc2)[C@H](C)N1S(=O)(=O)N1CCOCC1. The van der Waals surface area contributed by atoms with E-state index in [1.165, 1.54) is 5.56 Å². The van der Waals surface area contributed by atoms with Gasteiger partial charge in [-0.2, -0.15) is 17.0 Å². The number of morpholine rings is 1. The van der Waals surface area contributed by atoms with E-state index in [1.807, 2.05) is 32.0 Å². The Bertz CT molecular complexity index is 599. The van der Waals surface area contributed by atoms with Gasteiger partial charge in [-0.1, -0.05) is 30.3 Å². The van der Waals surface area contributed by atoms with Crippen molar-refractivity contribution in [2.24, 2.45) is 0 Å². The highest BCUT2D eigenvalue weighted by molar-refractivity contribution is 7.86. The average Bonchev–Trinajstić information content (AvgIpc) is 2.84. The summed E-state index contributed by atoms with van der Waals surface area (Å²) in [6.07, 6.45) is 0.870. The standard InChI is InChI=1S/C16H24N2O3S/c1-13-12-16(15-6-4-3-5-7-15)14(2)18(13)22(19,20)17-8-10-21-11-9-17/h3-7,13-14,16H,8-12H2,1-2H3/t13-,14+,16-/m1/s1. The third kappa shape index (κ3) is 2.80. The van der Waals surface area contributed by atoms with Gasteiger partial charge in [-0.05, 0) is 25.8 Å². The predicted octanol–water partition coefficient (Wildman–Crippen LogP) is 1.83. The Kier molecular flexibility index (Phi) is 4.54. The molecule has 0 bridgehead atoms. The second kappa shape index (κ2) is 6.28. The fourth-order valence-electron chi connectivity index (χ4n) is 3.71. The molecule has 0 radical (unpaired) electrons. The van der Waals surface area contributed by atoms with Gasteiger partial charge in [0.05, 0.1) is 13.2 Å². The van der Waals surface area contributed by atoms with Gasteiger partial charge in [-0.25, -0.2) is 0 Å². The summed E-state index contributed by atoms with van der Waals surface area (Å²) >= 11 is 0. The van der Waals surface area contributed by atoms with Gasteiger partial charge in [0, 0.05) is 31.1 Å². The van der Waals surface area contributed by atoms with Gasteiger partial charge in [-0.3, -0.25) is 0 Å². The van der Waals surface area contributed by atoms with Crippen molar-refractivity contribution >= 4 is 10.2 Å². The summed E-state index contributed by atoms with van der Waals surface area (Å²) < 4.78 is 34.5. The molecular weight excluding hydrogens is 300 g/mol. The van der Waals surface area contributed by atoms with Crippen LogP contribution in [0.2, 0.25) is 0 Å². The molecule has 0 N–H and O–H groups in total. The van der Waals surface area contributed by atoms with E-state index in [0.29, 0.717) is 26.3 Å². The average molecular weight is 324 g/mol. The van der Waals surface area contributed by atoms with E-state index in [9.17, 15) is 8.42 Å². The second-order valence-corrected chi connectivity index (χ2v) is 8.03. The first-order valence-corrected chi connectivity index (χ1v) is 9.33. The Morgan fingerprint density at radius 3 is 2.36 bits per heavy atom. The lowest BCUT2D eigenvalue weighted by molar-refractivity contribution is 0.0692. The Hall–Kier alpha value is -0.950. The highest BCUT2D eigenvalue weighted by atomic mass is 32.2.